The molecule has 2 aliphatic rings. The van der Waals surface area contributed by atoms with Crippen LogP contribution in [0.3, 0.4) is 0 Å². The molecule has 0 bridgehead atoms. The Morgan fingerprint density at radius 2 is 1.77 bits per heavy atom. The van der Waals surface area contributed by atoms with Gasteiger partial charge in [-0.25, -0.2) is 9.59 Å². The van der Waals surface area contributed by atoms with Gasteiger partial charge in [0.2, 0.25) is 11.8 Å². The normalized spacial score (nSPS) is 23.0. The number of hydrogen-bond donors (Lipinski definition) is 4. The van der Waals surface area contributed by atoms with E-state index in [4.69, 9.17) is 4.74 Å². The summed E-state index contributed by atoms with van der Waals surface area (Å²) in [5, 5.41) is 23.8. The van der Waals surface area contributed by atoms with Crippen molar-refractivity contribution in [2.75, 3.05) is 0 Å². The Morgan fingerprint density at radius 3 is 2.40 bits per heavy atom. The number of benzene rings is 2. The van der Waals surface area contributed by atoms with Crippen LogP contribution in [0.15, 0.2) is 54.6 Å². The first-order chi connectivity index (χ1) is 16.6. The van der Waals surface area contributed by atoms with E-state index in [-0.39, 0.29) is 12.4 Å². The van der Waals surface area contributed by atoms with Gasteiger partial charge in [-0.1, -0.05) is 42.5 Å². The molecule has 10 nitrogen and oxygen atoms in total. The third kappa shape index (κ3) is 4.90. The van der Waals surface area contributed by atoms with Crippen molar-refractivity contribution in [2.45, 2.75) is 48.7 Å². The van der Waals surface area contributed by atoms with Crippen LogP contribution in [-0.4, -0.2) is 61.2 Å². The molecule has 11 heteroatoms. The smallest absolute Gasteiger partial charge is 0.408 e. The summed E-state index contributed by atoms with van der Waals surface area (Å²) in [4.78, 5) is 51.4. The standard InChI is InChI=1S/C24H25N3O7S/c1-24(2)18(22(31)32)27-20(30)17(21(27)35-24)25-19(29)16(14-8-10-15(28)11-9-14)26-23(33)34-12-13-6-4-3-5-7-13/h3-11,16-18,21,28H,12H2,1-2H3,(H,25,29)(H,26,33)(H,31,32)/t16?,17?,18-,21+/m0/s1. The monoisotopic (exact) mass is 499 g/mol. The predicted octanol–water partition coefficient (Wildman–Crippen LogP) is 1.99. The molecule has 4 atom stereocenters. The zero-order valence-electron chi connectivity index (χ0n) is 19.0. The maximum absolute atomic E-state index is 13.2. The maximum atomic E-state index is 13.2. The lowest BCUT2D eigenvalue weighted by molar-refractivity contribution is -0.161. The van der Waals surface area contributed by atoms with Crippen LogP contribution in [0, 0.1) is 0 Å². The van der Waals surface area contributed by atoms with Gasteiger partial charge in [0.05, 0.1) is 0 Å². The van der Waals surface area contributed by atoms with Crippen molar-refractivity contribution in [3.8, 4) is 5.75 Å². The number of nitrogens with zero attached hydrogens (tertiary/aromatic N) is 1. The number of carboxylic acid groups (broad SMARTS) is 1. The van der Waals surface area contributed by atoms with Gasteiger partial charge in [-0.3, -0.25) is 9.59 Å². The Kier molecular flexibility index (Phi) is 6.62. The summed E-state index contributed by atoms with van der Waals surface area (Å²) in [7, 11) is 0. The minimum absolute atomic E-state index is 0.00294. The van der Waals surface area contributed by atoms with E-state index >= 15 is 0 Å². The van der Waals surface area contributed by atoms with Crippen molar-refractivity contribution >= 4 is 35.6 Å². The molecule has 0 aromatic heterocycles. The quantitative estimate of drug-likeness (QED) is 0.423. The molecule has 2 heterocycles. The van der Waals surface area contributed by atoms with Gasteiger partial charge in [-0.05, 0) is 37.1 Å². The summed E-state index contributed by atoms with van der Waals surface area (Å²) in [5.41, 5.74) is 1.13. The van der Waals surface area contributed by atoms with E-state index in [1.54, 1.807) is 38.1 Å². The molecule has 2 fully saturated rings. The van der Waals surface area contributed by atoms with Gasteiger partial charge in [0.15, 0.2) is 0 Å². The molecule has 2 aromatic carbocycles. The van der Waals surface area contributed by atoms with Gasteiger partial charge in [0.25, 0.3) is 0 Å². The molecule has 0 saturated carbocycles. The highest BCUT2D eigenvalue weighted by atomic mass is 32.2. The fourth-order valence-electron chi connectivity index (χ4n) is 4.23. The first-order valence-electron chi connectivity index (χ1n) is 10.9. The van der Waals surface area contributed by atoms with Gasteiger partial charge in [0.1, 0.15) is 35.9 Å². The molecule has 2 saturated heterocycles. The maximum Gasteiger partial charge on any atom is 0.408 e. The van der Waals surface area contributed by atoms with Gasteiger partial charge in [-0.15, -0.1) is 11.8 Å². The SMILES string of the molecule is CC1(C)S[C@@H]2C(NC(=O)C(NC(=O)OCc3ccccc3)c3ccc(O)cc3)C(=O)N2[C@H]1C(=O)O. The Labute approximate surface area is 205 Å². The Hall–Kier alpha value is -3.73. The number of thioether (sulfide) groups is 1. The highest BCUT2D eigenvalue weighted by Gasteiger charge is 2.64. The number of phenols is 1. The molecule has 2 unspecified atom stereocenters. The van der Waals surface area contributed by atoms with Gasteiger partial charge in [-0.2, -0.15) is 0 Å². The first-order valence-corrected chi connectivity index (χ1v) is 11.8. The topological polar surface area (TPSA) is 145 Å². The lowest BCUT2D eigenvalue weighted by atomic mass is 9.95. The number of aliphatic carboxylic acids is 1. The van der Waals surface area contributed by atoms with Crippen molar-refractivity contribution in [3.63, 3.8) is 0 Å². The summed E-state index contributed by atoms with van der Waals surface area (Å²) in [6.07, 6.45) is -0.842. The molecule has 4 rings (SSSR count). The minimum Gasteiger partial charge on any atom is -0.508 e. The van der Waals surface area contributed by atoms with Gasteiger partial charge in [0, 0.05) is 4.75 Å². The first kappa shape index (κ1) is 24.4. The van der Waals surface area contributed by atoms with Crippen molar-refractivity contribution < 1.29 is 34.1 Å². The van der Waals surface area contributed by atoms with Gasteiger partial charge >= 0.3 is 12.1 Å². The number of hydrogen-bond acceptors (Lipinski definition) is 7. The zero-order chi connectivity index (χ0) is 25.3. The van der Waals surface area contributed by atoms with Crippen molar-refractivity contribution in [2.24, 2.45) is 0 Å². The van der Waals surface area contributed by atoms with E-state index in [0.29, 0.717) is 5.56 Å². The van der Waals surface area contributed by atoms with Crippen LogP contribution >= 0.6 is 11.8 Å². The number of carbonyl (C=O) groups is 4. The summed E-state index contributed by atoms with van der Waals surface area (Å²) in [6, 6.07) is 11.6. The zero-order valence-corrected chi connectivity index (χ0v) is 19.8. The lowest BCUT2D eigenvalue weighted by Crippen LogP contribution is -2.71. The molecule has 0 radical (unpaired) electrons. The molecule has 0 spiro atoms. The fourth-order valence-corrected chi connectivity index (χ4v) is 5.86. The molecule has 4 N–H and O–H groups in total. The van der Waals surface area contributed by atoms with E-state index in [1.165, 1.54) is 40.9 Å². The number of nitrogens with one attached hydrogen (secondary N) is 2. The predicted molar refractivity (Wildman–Crippen MR) is 126 cm³/mol. The van der Waals surface area contributed by atoms with Crippen LogP contribution in [0.4, 0.5) is 4.79 Å². The summed E-state index contributed by atoms with van der Waals surface area (Å²) in [6.45, 7) is 3.48. The second-order valence-corrected chi connectivity index (χ2v) is 10.6. The Bertz CT molecular complexity index is 1140. The largest absolute Gasteiger partial charge is 0.508 e. The van der Waals surface area contributed by atoms with Crippen LogP contribution in [0.1, 0.15) is 31.0 Å². The van der Waals surface area contributed by atoms with E-state index in [1.807, 2.05) is 6.07 Å². The molecule has 2 aliphatic heterocycles. The number of β-lactam (4-membered cyclic amide) rings is 1. The number of ether oxygens (including phenoxy) is 1. The second kappa shape index (κ2) is 9.49. The molecule has 0 aliphatic carbocycles. The number of rotatable bonds is 7. The number of amides is 3. The summed E-state index contributed by atoms with van der Waals surface area (Å²) < 4.78 is 4.50. The Balaban J connectivity index is 1.47. The number of aromatic hydroxyl groups is 1. The van der Waals surface area contributed by atoms with E-state index in [2.05, 4.69) is 10.6 Å². The lowest BCUT2D eigenvalue weighted by Gasteiger charge is -2.44. The highest BCUT2D eigenvalue weighted by molar-refractivity contribution is 8.01. The van der Waals surface area contributed by atoms with Crippen LogP contribution in [0.5, 0.6) is 5.75 Å². The van der Waals surface area contributed by atoms with Crippen molar-refractivity contribution in [3.05, 3.63) is 65.7 Å². The van der Waals surface area contributed by atoms with E-state index < -0.39 is 52.1 Å². The summed E-state index contributed by atoms with van der Waals surface area (Å²) >= 11 is 1.30. The van der Waals surface area contributed by atoms with Gasteiger partial charge < -0.3 is 30.5 Å². The highest BCUT2D eigenvalue weighted by Crippen LogP contribution is 2.50. The minimum atomic E-state index is -1.21. The Morgan fingerprint density at radius 1 is 1.11 bits per heavy atom. The molecule has 184 valence electrons. The molecule has 2 aromatic rings. The number of carbonyl (C=O) groups excluding carboxylic acids is 3. The van der Waals surface area contributed by atoms with E-state index in [9.17, 15) is 29.4 Å². The number of alkyl carbamates (subject to hydrolysis) is 1. The molecular weight excluding hydrogens is 474 g/mol. The van der Waals surface area contributed by atoms with Crippen LogP contribution in [0.25, 0.3) is 0 Å². The van der Waals surface area contributed by atoms with Crippen LogP contribution < -0.4 is 10.6 Å². The van der Waals surface area contributed by atoms with Crippen molar-refractivity contribution in [1.29, 1.82) is 0 Å². The summed E-state index contributed by atoms with van der Waals surface area (Å²) in [5.74, 6) is -2.28. The third-order valence-corrected chi connectivity index (χ3v) is 7.51. The van der Waals surface area contributed by atoms with Crippen LogP contribution in [0.2, 0.25) is 0 Å². The molecular formula is C24H25N3O7S. The number of carboxylic acids is 1. The average Bonchev–Trinajstić information content (AvgIpc) is 3.08. The number of phenolic OH excluding ortho intramolecular Hbond substituents is 1. The molecule has 35 heavy (non-hydrogen) atoms. The third-order valence-electron chi connectivity index (χ3n) is 5.94. The van der Waals surface area contributed by atoms with E-state index in [0.717, 1.165) is 5.56 Å². The number of fused-ring (bicyclic) bond motifs is 1. The average molecular weight is 500 g/mol. The second-order valence-electron chi connectivity index (χ2n) is 8.82. The fraction of sp³-hybridized carbons (Fsp3) is 0.333. The molecule has 3 amide bonds. The van der Waals surface area contributed by atoms with Crippen molar-refractivity contribution in [1.82, 2.24) is 15.5 Å². The van der Waals surface area contributed by atoms with Crippen LogP contribution in [-0.2, 0) is 25.7 Å².